The maximum Gasteiger partial charge on any atom is 0.263 e. The summed E-state index contributed by atoms with van der Waals surface area (Å²) in [7, 11) is 3.85. The summed E-state index contributed by atoms with van der Waals surface area (Å²) < 4.78 is 18.8. The van der Waals surface area contributed by atoms with Gasteiger partial charge in [-0.1, -0.05) is 12.1 Å². The summed E-state index contributed by atoms with van der Waals surface area (Å²) in [6.45, 7) is 4.09. The van der Waals surface area contributed by atoms with E-state index < -0.39 is 0 Å². The Morgan fingerprint density at radius 2 is 1.93 bits per heavy atom. The fraction of sp³-hybridized carbons (Fsp3) is 0.300. The van der Waals surface area contributed by atoms with E-state index in [1.807, 2.05) is 45.0 Å². The number of hydrogen-bond donors (Lipinski definition) is 1. The number of nitrogens with one attached hydrogen (secondary N) is 1. The standard InChI is InChI=1S/C20H22FN3O2S/c1-12-5-10-17(26-12)20-23-13(2)18(27-20)19(25)22-11-16(24(3)4)14-6-8-15(21)9-7-14/h5-10,16H,11H2,1-4H3,(H,22,25). The normalized spacial score (nSPS) is 12.4. The summed E-state index contributed by atoms with van der Waals surface area (Å²) in [4.78, 5) is 19.7. The summed E-state index contributed by atoms with van der Waals surface area (Å²) in [6.07, 6.45) is 0. The van der Waals surface area contributed by atoms with Gasteiger partial charge in [0.1, 0.15) is 16.5 Å². The Balaban J connectivity index is 1.72. The number of rotatable bonds is 6. The fourth-order valence-electron chi connectivity index (χ4n) is 2.82. The maximum absolute atomic E-state index is 13.2. The number of carbonyl (C=O) groups excluding carboxylic acids is 1. The predicted octanol–water partition coefficient (Wildman–Crippen LogP) is 4.19. The summed E-state index contributed by atoms with van der Waals surface area (Å²) in [6, 6.07) is 10.00. The van der Waals surface area contributed by atoms with Crippen LogP contribution >= 0.6 is 11.3 Å². The molecule has 0 saturated heterocycles. The molecule has 3 aromatic rings. The second-order valence-electron chi connectivity index (χ2n) is 6.58. The van der Waals surface area contributed by atoms with Gasteiger partial charge in [0, 0.05) is 6.54 Å². The van der Waals surface area contributed by atoms with E-state index in [0.29, 0.717) is 27.9 Å². The number of carbonyl (C=O) groups is 1. The lowest BCUT2D eigenvalue weighted by Crippen LogP contribution is -2.34. The van der Waals surface area contributed by atoms with Crippen LogP contribution in [-0.2, 0) is 0 Å². The van der Waals surface area contributed by atoms with Crippen LogP contribution in [0.4, 0.5) is 4.39 Å². The van der Waals surface area contributed by atoms with Gasteiger partial charge >= 0.3 is 0 Å². The summed E-state index contributed by atoms with van der Waals surface area (Å²) in [5, 5.41) is 3.66. The zero-order valence-electron chi connectivity index (χ0n) is 15.7. The van der Waals surface area contributed by atoms with Crippen molar-refractivity contribution in [3.8, 4) is 10.8 Å². The van der Waals surface area contributed by atoms with Gasteiger partial charge in [-0.2, -0.15) is 0 Å². The third-order valence-electron chi connectivity index (χ3n) is 4.29. The minimum Gasteiger partial charge on any atom is -0.459 e. The molecular weight excluding hydrogens is 365 g/mol. The molecule has 1 unspecified atom stereocenters. The Morgan fingerprint density at radius 3 is 2.52 bits per heavy atom. The van der Waals surface area contributed by atoms with Crippen LogP contribution in [0.5, 0.6) is 0 Å². The lowest BCUT2D eigenvalue weighted by Gasteiger charge is -2.25. The molecule has 3 rings (SSSR count). The molecule has 0 aliphatic carbocycles. The van der Waals surface area contributed by atoms with Crippen LogP contribution < -0.4 is 5.32 Å². The van der Waals surface area contributed by atoms with Crippen molar-refractivity contribution in [2.75, 3.05) is 20.6 Å². The molecule has 0 saturated carbocycles. The van der Waals surface area contributed by atoms with Crippen molar-refractivity contribution in [1.82, 2.24) is 15.2 Å². The predicted molar refractivity (Wildman–Crippen MR) is 104 cm³/mol. The lowest BCUT2D eigenvalue weighted by molar-refractivity contribution is 0.0945. The van der Waals surface area contributed by atoms with Crippen LogP contribution in [0.3, 0.4) is 0 Å². The zero-order valence-corrected chi connectivity index (χ0v) is 16.6. The highest BCUT2D eigenvalue weighted by Crippen LogP contribution is 2.29. The molecule has 5 nitrogen and oxygen atoms in total. The Kier molecular flexibility index (Phi) is 5.72. The number of amides is 1. The van der Waals surface area contributed by atoms with Crippen LogP contribution in [0.1, 0.15) is 32.7 Å². The van der Waals surface area contributed by atoms with Gasteiger partial charge in [0.05, 0.1) is 11.7 Å². The van der Waals surface area contributed by atoms with Crippen molar-refractivity contribution >= 4 is 17.2 Å². The van der Waals surface area contributed by atoms with Crippen LogP contribution in [0.2, 0.25) is 0 Å². The van der Waals surface area contributed by atoms with Crippen LogP contribution in [0.25, 0.3) is 10.8 Å². The van der Waals surface area contributed by atoms with Crippen molar-refractivity contribution in [2.45, 2.75) is 19.9 Å². The number of aromatic nitrogens is 1. The van der Waals surface area contributed by atoms with Gasteiger partial charge in [0.2, 0.25) is 0 Å². The summed E-state index contributed by atoms with van der Waals surface area (Å²) in [5.41, 5.74) is 1.61. The largest absolute Gasteiger partial charge is 0.459 e. The number of furan rings is 1. The molecule has 1 aromatic carbocycles. The third kappa shape index (κ3) is 4.43. The Labute approximate surface area is 161 Å². The van der Waals surface area contributed by atoms with Gasteiger partial charge in [-0.05, 0) is 57.8 Å². The van der Waals surface area contributed by atoms with E-state index in [-0.39, 0.29) is 17.8 Å². The first-order valence-electron chi connectivity index (χ1n) is 8.59. The van der Waals surface area contributed by atoms with E-state index >= 15 is 0 Å². The highest BCUT2D eigenvalue weighted by atomic mass is 32.1. The average molecular weight is 387 g/mol. The van der Waals surface area contributed by atoms with Crippen LogP contribution in [0.15, 0.2) is 40.8 Å². The second kappa shape index (κ2) is 8.02. The minimum absolute atomic E-state index is 0.0602. The van der Waals surface area contributed by atoms with Gasteiger partial charge < -0.3 is 14.6 Å². The second-order valence-corrected chi connectivity index (χ2v) is 7.58. The molecule has 2 heterocycles. The molecule has 7 heteroatoms. The van der Waals surface area contributed by atoms with Gasteiger partial charge in [-0.25, -0.2) is 9.37 Å². The summed E-state index contributed by atoms with van der Waals surface area (Å²) >= 11 is 1.31. The van der Waals surface area contributed by atoms with E-state index in [2.05, 4.69) is 10.3 Å². The van der Waals surface area contributed by atoms with E-state index in [0.717, 1.165) is 11.3 Å². The smallest absolute Gasteiger partial charge is 0.263 e. The average Bonchev–Trinajstić information content (AvgIpc) is 3.22. The molecule has 27 heavy (non-hydrogen) atoms. The van der Waals surface area contributed by atoms with Gasteiger partial charge in [0.25, 0.3) is 5.91 Å². The molecule has 0 aliphatic heterocycles. The van der Waals surface area contributed by atoms with Gasteiger partial charge in [0.15, 0.2) is 10.8 Å². The Bertz CT molecular complexity index is 931. The molecule has 1 N–H and O–H groups in total. The molecule has 0 spiro atoms. The molecule has 0 aliphatic rings. The zero-order chi connectivity index (χ0) is 19.6. The fourth-order valence-corrected chi connectivity index (χ4v) is 3.76. The van der Waals surface area contributed by atoms with E-state index in [1.54, 1.807) is 12.1 Å². The third-order valence-corrected chi connectivity index (χ3v) is 5.46. The molecule has 2 aromatic heterocycles. The number of likely N-dealkylation sites (N-methyl/N-ethyl adjacent to an activating group) is 1. The van der Waals surface area contributed by atoms with Gasteiger partial charge in [-0.3, -0.25) is 4.79 Å². The topological polar surface area (TPSA) is 58.4 Å². The van der Waals surface area contributed by atoms with Crippen molar-refractivity contribution in [2.24, 2.45) is 0 Å². The van der Waals surface area contributed by atoms with Crippen molar-refractivity contribution in [1.29, 1.82) is 0 Å². The number of benzene rings is 1. The SMILES string of the molecule is Cc1ccc(-c2nc(C)c(C(=O)NCC(c3ccc(F)cc3)N(C)C)s2)o1. The molecule has 0 fully saturated rings. The first-order chi connectivity index (χ1) is 12.8. The molecule has 142 valence electrons. The number of nitrogens with zero attached hydrogens (tertiary/aromatic N) is 2. The molecule has 1 atom stereocenters. The number of thiazole rings is 1. The number of hydrogen-bond acceptors (Lipinski definition) is 5. The van der Waals surface area contributed by atoms with Crippen molar-refractivity contribution in [3.05, 3.63) is 64.1 Å². The molecular formula is C20H22FN3O2S. The van der Waals surface area contributed by atoms with Crippen LogP contribution in [0, 0.1) is 19.7 Å². The number of aryl methyl sites for hydroxylation is 2. The number of halogens is 1. The maximum atomic E-state index is 13.2. The Morgan fingerprint density at radius 1 is 1.22 bits per heavy atom. The van der Waals surface area contributed by atoms with Crippen molar-refractivity contribution < 1.29 is 13.6 Å². The monoisotopic (exact) mass is 387 g/mol. The van der Waals surface area contributed by atoms with E-state index in [9.17, 15) is 9.18 Å². The highest BCUT2D eigenvalue weighted by molar-refractivity contribution is 7.17. The minimum atomic E-state index is -0.277. The first kappa shape index (κ1) is 19.3. The van der Waals surface area contributed by atoms with E-state index in [4.69, 9.17) is 4.42 Å². The van der Waals surface area contributed by atoms with E-state index in [1.165, 1.54) is 23.5 Å². The molecule has 0 bridgehead atoms. The molecule has 1 amide bonds. The lowest BCUT2D eigenvalue weighted by atomic mass is 10.1. The first-order valence-corrected chi connectivity index (χ1v) is 9.41. The van der Waals surface area contributed by atoms with Crippen molar-refractivity contribution in [3.63, 3.8) is 0 Å². The summed E-state index contributed by atoms with van der Waals surface area (Å²) in [5.74, 6) is 1.02. The van der Waals surface area contributed by atoms with Gasteiger partial charge in [-0.15, -0.1) is 11.3 Å². The quantitative estimate of drug-likeness (QED) is 0.689. The molecule has 0 radical (unpaired) electrons. The highest BCUT2D eigenvalue weighted by Gasteiger charge is 2.20. The Hall–Kier alpha value is -2.51. The van der Waals surface area contributed by atoms with Crippen LogP contribution in [-0.4, -0.2) is 36.4 Å².